The highest BCUT2D eigenvalue weighted by molar-refractivity contribution is 5.72. The average Bonchev–Trinajstić information content (AvgIpc) is 2.77. The summed E-state index contributed by atoms with van der Waals surface area (Å²) in [7, 11) is 0. The van der Waals surface area contributed by atoms with Gasteiger partial charge >= 0.3 is 0 Å². The lowest BCUT2D eigenvalue weighted by Crippen LogP contribution is -2.26. The van der Waals surface area contributed by atoms with Gasteiger partial charge in [0.1, 0.15) is 18.0 Å². The topological polar surface area (TPSA) is 55.0 Å². The molecule has 3 rings (SSSR count). The predicted octanol–water partition coefficient (Wildman–Crippen LogP) is 3.09. The van der Waals surface area contributed by atoms with E-state index in [2.05, 4.69) is 53.0 Å². The number of aromatic nitrogens is 2. The Morgan fingerprint density at radius 2 is 2.10 bits per heavy atom. The van der Waals surface area contributed by atoms with Gasteiger partial charge in [-0.05, 0) is 31.4 Å². The van der Waals surface area contributed by atoms with Crippen molar-refractivity contribution in [3.63, 3.8) is 0 Å². The van der Waals surface area contributed by atoms with Crippen molar-refractivity contribution in [2.24, 2.45) is 0 Å². The van der Waals surface area contributed by atoms with Gasteiger partial charge in [-0.1, -0.05) is 31.5 Å². The maximum atomic E-state index is 6.06. The molecule has 0 saturated carbocycles. The Morgan fingerprint density at radius 1 is 1.30 bits per heavy atom. The smallest absolute Gasteiger partial charge is 0.142 e. The lowest BCUT2D eigenvalue weighted by Gasteiger charge is -2.26. The summed E-state index contributed by atoms with van der Waals surface area (Å²) < 4.78 is 0. The zero-order valence-electron chi connectivity index (χ0n) is 12.0. The van der Waals surface area contributed by atoms with Crippen molar-refractivity contribution in [3.05, 3.63) is 41.7 Å². The monoisotopic (exact) mass is 268 g/mol. The molecule has 104 valence electrons. The SMILES string of the molecule is CCCc1c(N)ncnc1N1c2ccccc2CC1C. The molecule has 1 aliphatic rings. The summed E-state index contributed by atoms with van der Waals surface area (Å²) in [4.78, 5) is 11.0. The van der Waals surface area contributed by atoms with Crippen LogP contribution in [-0.2, 0) is 12.8 Å². The number of nitrogen functional groups attached to an aromatic ring is 1. The number of rotatable bonds is 3. The summed E-state index contributed by atoms with van der Waals surface area (Å²) in [5.74, 6) is 1.57. The molecular formula is C16H20N4. The number of hydrogen-bond acceptors (Lipinski definition) is 4. The average molecular weight is 268 g/mol. The molecule has 0 saturated heterocycles. The van der Waals surface area contributed by atoms with Crippen LogP contribution in [0.3, 0.4) is 0 Å². The summed E-state index contributed by atoms with van der Waals surface area (Å²) in [5, 5.41) is 0. The largest absolute Gasteiger partial charge is 0.383 e. The highest BCUT2D eigenvalue weighted by Gasteiger charge is 2.29. The quantitative estimate of drug-likeness (QED) is 0.929. The standard InChI is InChI=1S/C16H20N4/c1-3-6-13-15(17)18-10-19-16(13)20-11(2)9-12-7-4-5-8-14(12)20/h4-5,7-8,10-11H,3,6,9H2,1-2H3,(H2,17,18,19). The zero-order valence-corrected chi connectivity index (χ0v) is 12.0. The maximum Gasteiger partial charge on any atom is 0.142 e. The summed E-state index contributed by atoms with van der Waals surface area (Å²) in [6.07, 6.45) is 4.56. The molecule has 1 aliphatic heterocycles. The Kier molecular flexibility index (Phi) is 3.30. The first-order valence-corrected chi connectivity index (χ1v) is 7.18. The van der Waals surface area contributed by atoms with Crippen LogP contribution in [0.2, 0.25) is 0 Å². The van der Waals surface area contributed by atoms with Crippen molar-refractivity contribution in [3.8, 4) is 0 Å². The van der Waals surface area contributed by atoms with E-state index in [4.69, 9.17) is 5.73 Å². The van der Waals surface area contributed by atoms with Crippen molar-refractivity contribution in [2.45, 2.75) is 39.2 Å². The molecule has 2 N–H and O–H groups in total. The number of para-hydroxylation sites is 1. The van der Waals surface area contributed by atoms with Crippen LogP contribution in [0.25, 0.3) is 0 Å². The van der Waals surface area contributed by atoms with Crippen LogP contribution in [0, 0.1) is 0 Å². The van der Waals surface area contributed by atoms with E-state index < -0.39 is 0 Å². The second-order valence-corrected chi connectivity index (χ2v) is 5.36. The summed E-state index contributed by atoms with van der Waals surface area (Å²) in [5.41, 5.74) is 9.75. The van der Waals surface area contributed by atoms with Crippen LogP contribution in [0.5, 0.6) is 0 Å². The molecular weight excluding hydrogens is 248 g/mol. The van der Waals surface area contributed by atoms with Gasteiger partial charge in [-0.15, -0.1) is 0 Å². The third-order valence-electron chi connectivity index (χ3n) is 3.89. The molecule has 1 unspecified atom stereocenters. The molecule has 20 heavy (non-hydrogen) atoms. The van der Waals surface area contributed by atoms with Crippen LogP contribution in [0.1, 0.15) is 31.4 Å². The molecule has 0 spiro atoms. The van der Waals surface area contributed by atoms with Gasteiger partial charge in [0.05, 0.1) is 0 Å². The minimum atomic E-state index is 0.400. The van der Waals surface area contributed by atoms with Gasteiger partial charge in [0.25, 0.3) is 0 Å². The number of anilines is 3. The van der Waals surface area contributed by atoms with Crippen molar-refractivity contribution in [1.29, 1.82) is 0 Å². The van der Waals surface area contributed by atoms with Gasteiger partial charge in [0.15, 0.2) is 0 Å². The second kappa shape index (κ2) is 5.12. The predicted molar refractivity (Wildman–Crippen MR) is 82.2 cm³/mol. The zero-order chi connectivity index (χ0) is 14.1. The summed E-state index contributed by atoms with van der Waals surface area (Å²) in [6, 6.07) is 8.92. The molecule has 0 bridgehead atoms. The summed E-state index contributed by atoms with van der Waals surface area (Å²) >= 11 is 0. The maximum absolute atomic E-state index is 6.06. The van der Waals surface area contributed by atoms with Gasteiger partial charge in [0, 0.05) is 17.3 Å². The summed E-state index contributed by atoms with van der Waals surface area (Å²) in [6.45, 7) is 4.38. The van der Waals surface area contributed by atoms with Crippen LogP contribution in [0.15, 0.2) is 30.6 Å². The van der Waals surface area contributed by atoms with E-state index in [1.54, 1.807) is 6.33 Å². The normalized spacial score (nSPS) is 17.3. The van der Waals surface area contributed by atoms with E-state index in [9.17, 15) is 0 Å². The van der Waals surface area contributed by atoms with Crippen molar-refractivity contribution in [1.82, 2.24) is 9.97 Å². The fourth-order valence-corrected chi connectivity index (χ4v) is 3.00. The van der Waals surface area contributed by atoms with Crippen LogP contribution >= 0.6 is 0 Å². The van der Waals surface area contributed by atoms with Crippen molar-refractivity contribution < 1.29 is 0 Å². The fraction of sp³-hybridized carbons (Fsp3) is 0.375. The molecule has 1 aromatic carbocycles. The third-order valence-corrected chi connectivity index (χ3v) is 3.89. The molecule has 1 atom stereocenters. The number of hydrogen-bond donors (Lipinski definition) is 1. The molecule has 0 fully saturated rings. The van der Waals surface area contributed by atoms with Crippen LogP contribution in [0.4, 0.5) is 17.3 Å². The third kappa shape index (κ3) is 2.01. The van der Waals surface area contributed by atoms with E-state index in [-0.39, 0.29) is 0 Å². The molecule has 2 heterocycles. The molecule has 0 amide bonds. The van der Waals surface area contributed by atoms with Gasteiger partial charge in [0.2, 0.25) is 0 Å². The molecule has 2 aromatic rings. The second-order valence-electron chi connectivity index (χ2n) is 5.36. The van der Waals surface area contributed by atoms with Crippen LogP contribution < -0.4 is 10.6 Å². The molecule has 0 radical (unpaired) electrons. The molecule has 4 nitrogen and oxygen atoms in total. The number of nitrogens with two attached hydrogens (primary N) is 1. The number of fused-ring (bicyclic) bond motifs is 1. The van der Waals surface area contributed by atoms with E-state index in [1.807, 2.05) is 0 Å². The minimum Gasteiger partial charge on any atom is -0.383 e. The minimum absolute atomic E-state index is 0.400. The van der Waals surface area contributed by atoms with Gasteiger partial charge in [-0.25, -0.2) is 9.97 Å². The lowest BCUT2D eigenvalue weighted by molar-refractivity contribution is 0.741. The van der Waals surface area contributed by atoms with E-state index >= 15 is 0 Å². The number of benzene rings is 1. The fourth-order valence-electron chi connectivity index (χ4n) is 3.00. The first-order valence-electron chi connectivity index (χ1n) is 7.18. The number of nitrogens with zero attached hydrogens (tertiary/aromatic N) is 3. The first-order chi connectivity index (χ1) is 9.72. The van der Waals surface area contributed by atoms with E-state index in [1.165, 1.54) is 11.3 Å². The molecule has 4 heteroatoms. The van der Waals surface area contributed by atoms with E-state index in [0.29, 0.717) is 11.9 Å². The molecule has 0 aliphatic carbocycles. The Balaban J connectivity index is 2.12. The Labute approximate surface area is 119 Å². The Bertz CT molecular complexity index is 624. The van der Waals surface area contributed by atoms with Crippen LogP contribution in [-0.4, -0.2) is 16.0 Å². The Hall–Kier alpha value is -2.10. The highest BCUT2D eigenvalue weighted by atomic mass is 15.2. The van der Waals surface area contributed by atoms with Gasteiger partial charge in [-0.2, -0.15) is 0 Å². The highest BCUT2D eigenvalue weighted by Crippen LogP contribution is 2.39. The van der Waals surface area contributed by atoms with Gasteiger partial charge < -0.3 is 10.6 Å². The lowest BCUT2D eigenvalue weighted by atomic mass is 10.1. The van der Waals surface area contributed by atoms with Crippen molar-refractivity contribution >= 4 is 17.3 Å². The van der Waals surface area contributed by atoms with Gasteiger partial charge in [-0.3, -0.25) is 0 Å². The first kappa shape index (κ1) is 12.9. The van der Waals surface area contributed by atoms with E-state index in [0.717, 1.165) is 30.6 Å². The molecule has 1 aromatic heterocycles. The van der Waals surface area contributed by atoms with Crippen molar-refractivity contribution in [2.75, 3.05) is 10.6 Å². The Morgan fingerprint density at radius 3 is 2.90 bits per heavy atom.